The Labute approximate surface area is 128 Å². The minimum Gasteiger partial charge on any atom is -0.489 e. The molecule has 1 heterocycles. The summed E-state index contributed by atoms with van der Waals surface area (Å²) in [5.74, 6) is -0.0235. The maximum Gasteiger partial charge on any atom is 0.303 e. The number of likely N-dealkylation sites (tertiary alicyclic amines) is 1. The Hall–Kier alpha value is -0.970. The Bertz CT molecular complexity index is 481. The summed E-state index contributed by atoms with van der Waals surface area (Å²) in [6, 6.07) is 5.25. The molecule has 0 unspecified atom stereocenters. The van der Waals surface area contributed by atoms with E-state index in [1.165, 1.54) is 0 Å². The zero-order valence-corrected chi connectivity index (χ0v) is 12.5. The lowest BCUT2D eigenvalue weighted by Crippen LogP contribution is -2.26. The van der Waals surface area contributed by atoms with E-state index in [-0.39, 0.29) is 12.5 Å². The molecule has 0 saturated carbocycles. The van der Waals surface area contributed by atoms with Crippen LogP contribution in [0.25, 0.3) is 0 Å². The summed E-state index contributed by atoms with van der Waals surface area (Å²) < 4.78 is 5.87. The van der Waals surface area contributed by atoms with Crippen molar-refractivity contribution >= 4 is 29.2 Å². The van der Waals surface area contributed by atoms with Crippen molar-refractivity contribution in [2.24, 2.45) is 0 Å². The predicted molar refractivity (Wildman–Crippen MR) is 78.8 cm³/mol. The molecule has 6 heteroatoms. The Kier molecular flexibility index (Phi) is 5.52. The first kappa shape index (κ1) is 15.4. The summed E-state index contributed by atoms with van der Waals surface area (Å²) in [6.07, 6.45) is 1.95. The van der Waals surface area contributed by atoms with E-state index in [2.05, 4.69) is 4.90 Å². The van der Waals surface area contributed by atoms with Crippen molar-refractivity contribution in [1.29, 1.82) is 0 Å². The van der Waals surface area contributed by atoms with E-state index in [0.717, 1.165) is 31.8 Å². The first-order valence-corrected chi connectivity index (χ1v) is 7.36. The van der Waals surface area contributed by atoms with Crippen LogP contribution in [-0.4, -0.2) is 41.7 Å². The highest BCUT2D eigenvalue weighted by molar-refractivity contribution is 6.42. The monoisotopic (exact) mass is 317 g/mol. The minimum atomic E-state index is -0.743. The topological polar surface area (TPSA) is 49.8 Å². The molecule has 1 aromatic rings. The van der Waals surface area contributed by atoms with E-state index in [1.807, 2.05) is 0 Å². The number of carboxylic acids is 1. The van der Waals surface area contributed by atoms with Crippen molar-refractivity contribution in [2.45, 2.75) is 25.4 Å². The molecule has 0 spiro atoms. The Morgan fingerprint density at radius 3 is 2.90 bits per heavy atom. The number of carbonyl (C=O) groups is 1. The van der Waals surface area contributed by atoms with Crippen LogP contribution in [0.1, 0.15) is 19.3 Å². The summed E-state index contributed by atoms with van der Waals surface area (Å²) in [7, 11) is 0. The van der Waals surface area contributed by atoms with Crippen molar-refractivity contribution in [3.05, 3.63) is 28.2 Å². The van der Waals surface area contributed by atoms with Crippen LogP contribution in [0.15, 0.2) is 18.2 Å². The summed E-state index contributed by atoms with van der Waals surface area (Å²) in [6.45, 7) is 2.55. The molecule has 2 rings (SSSR count). The molecule has 1 N–H and O–H groups in total. The molecule has 110 valence electrons. The number of halogens is 2. The molecule has 1 saturated heterocycles. The van der Waals surface area contributed by atoms with Gasteiger partial charge in [0, 0.05) is 25.6 Å². The van der Waals surface area contributed by atoms with Gasteiger partial charge in [-0.3, -0.25) is 9.69 Å². The van der Waals surface area contributed by atoms with Crippen LogP contribution in [0.3, 0.4) is 0 Å². The maximum atomic E-state index is 10.5. The summed E-state index contributed by atoms with van der Waals surface area (Å²) in [4.78, 5) is 12.7. The second-order valence-corrected chi connectivity index (χ2v) is 5.72. The fourth-order valence-electron chi connectivity index (χ4n) is 2.29. The van der Waals surface area contributed by atoms with Gasteiger partial charge < -0.3 is 9.84 Å². The maximum absolute atomic E-state index is 10.5. The van der Waals surface area contributed by atoms with Gasteiger partial charge in [0.15, 0.2) is 0 Å². The Morgan fingerprint density at radius 1 is 1.40 bits per heavy atom. The van der Waals surface area contributed by atoms with Gasteiger partial charge in [-0.05, 0) is 31.5 Å². The van der Waals surface area contributed by atoms with Gasteiger partial charge in [0.2, 0.25) is 0 Å². The van der Waals surface area contributed by atoms with Crippen LogP contribution in [0.5, 0.6) is 5.75 Å². The first-order chi connectivity index (χ1) is 9.54. The third-order valence-electron chi connectivity index (χ3n) is 3.29. The lowest BCUT2D eigenvalue weighted by atomic mass is 10.3. The zero-order valence-electron chi connectivity index (χ0n) is 11.0. The number of rotatable bonds is 6. The van der Waals surface area contributed by atoms with Crippen LogP contribution >= 0.6 is 23.2 Å². The van der Waals surface area contributed by atoms with Gasteiger partial charge in [0.1, 0.15) is 11.9 Å². The van der Waals surface area contributed by atoms with Gasteiger partial charge in [0.25, 0.3) is 0 Å². The quantitative estimate of drug-likeness (QED) is 0.874. The third kappa shape index (κ3) is 4.54. The predicted octanol–water partition coefficient (Wildman–Crippen LogP) is 3.31. The van der Waals surface area contributed by atoms with E-state index in [0.29, 0.717) is 16.5 Å². The third-order valence-corrected chi connectivity index (χ3v) is 4.03. The summed E-state index contributed by atoms with van der Waals surface area (Å²) in [5, 5.41) is 9.62. The molecule has 1 fully saturated rings. The SMILES string of the molecule is O=C(O)CCCN1CC[C@@H](Oc2ccc(Cl)c(Cl)c2)C1. The standard InChI is InChI=1S/C14H17Cl2NO3/c15-12-4-3-10(8-13(12)16)20-11-5-7-17(9-11)6-1-2-14(18)19/h3-4,8,11H,1-2,5-7,9H2,(H,18,19)/t11-/m1/s1. The number of hydrogen-bond acceptors (Lipinski definition) is 3. The summed E-state index contributed by atoms with van der Waals surface area (Å²) >= 11 is 11.8. The minimum absolute atomic E-state index is 0.122. The average Bonchev–Trinajstić information content (AvgIpc) is 2.81. The molecule has 1 aliphatic rings. The van der Waals surface area contributed by atoms with Crippen LogP contribution in [-0.2, 0) is 4.79 Å². The number of nitrogens with zero attached hydrogens (tertiary/aromatic N) is 1. The van der Waals surface area contributed by atoms with Crippen molar-refractivity contribution in [3.8, 4) is 5.75 Å². The zero-order chi connectivity index (χ0) is 14.5. The van der Waals surface area contributed by atoms with Crippen LogP contribution in [0.4, 0.5) is 0 Å². The van der Waals surface area contributed by atoms with Gasteiger partial charge in [-0.1, -0.05) is 23.2 Å². The van der Waals surface area contributed by atoms with Crippen LogP contribution in [0, 0.1) is 0 Å². The normalized spacial score (nSPS) is 19.2. The van der Waals surface area contributed by atoms with Crippen molar-refractivity contribution in [1.82, 2.24) is 4.90 Å². The highest BCUT2D eigenvalue weighted by Crippen LogP contribution is 2.28. The number of ether oxygens (including phenoxy) is 1. The number of carboxylic acid groups (broad SMARTS) is 1. The van der Waals surface area contributed by atoms with Gasteiger partial charge in [-0.2, -0.15) is 0 Å². The molecule has 20 heavy (non-hydrogen) atoms. The van der Waals surface area contributed by atoms with Gasteiger partial charge in [-0.15, -0.1) is 0 Å². The lowest BCUT2D eigenvalue weighted by molar-refractivity contribution is -0.137. The highest BCUT2D eigenvalue weighted by Gasteiger charge is 2.23. The molecule has 4 nitrogen and oxygen atoms in total. The molecular formula is C14H17Cl2NO3. The van der Waals surface area contributed by atoms with E-state index in [9.17, 15) is 4.79 Å². The Balaban J connectivity index is 1.78. The van der Waals surface area contributed by atoms with Gasteiger partial charge >= 0.3 is 5.97 Å². The molecule has 1 aliphatic heterocycles. The lowest BCUT2D eigenvalue weighted by Gasteiger charge is -2.16. The van der Waals surface area contributed by atoms with Gasteiger partial charge in [-0.25, -0.2) is 0 Å². The average molecular weight is 318 g/mol. The van der Waals surface area contributed by atoms with Crippen LogP contribution in [0.2, 0.25) is 10.0 Å². The van der Waals surface area contributed by atoms with Gasteiger partial charge in [0.05, 0.1) is 10.0 Å². The molecule has 0 amide bonds. The number of aliphatic carboxylic acids is 1. The molecule has 0 aliphatic carbocycles. The summed E-state index contributed by atoms with van der Waals surface area (Å²) in [5.41, 5.74) is 0. The van der Waals surface area contributed by atoms with E-state index in [1.54, 1.807) is 18.2 Å². The first-order valence-electron chi connectivity index (χ1n) is 6.60. The van der Waals surface area contributed by atoms with E-state index in [4.69, 9.17) is 33.0 Å². The molecule has 1 atom stereocenters. The van der Waals surface area contributed by atoms with Crippen molar-refractivity contribution < 1.29 is 14.6 Å². The fourth-order valence-corrected chi connectivity index (χ4v) is 2.58. The molecule has 0 aromatic heterocycles. The molecular weight excluding hydrogens is 301 g/mol. The van der Waals surface area contributed by atoms with Crippen molar-refractivity contribution in [2.75, 3.05) is 19.6 Å². The Morgan fingerprint density at radius 2 is 2.20 bits per heavy atom. The molecule has 1 aromatic carbocycles. The van der Waals surface area contributed by atoms with Crippen LogP contribution < -0.4 is 4.74 Å². The van der Waals surface area contributed by atoms with E-state index >= 15 is 0 Å². The smallest absolute Gasteiger partial charge is 0.303 e. The highest BCUT2D eigenvalue weighted by atomic mass is 35.5. The van der Waals surface area contributed by atoms with E-state index < -0.39 is 5.97 Å². The molecule has 0 bridgehead atoms. The molecule has 0 radical (unpaired) electrons. The largest absolute Gasteiger partial charge is 0.489 e. The van der Waals surface area contributed by atoms with Crippen molar-refractivity contribution in [3.63, 3.8) is 0 Å². The second-order valence-electron chi connectivity index (χ2n) is 4.90. The number of hydrogen-bond donors (Lipinski definition) is 1. The number of benzene rings is 1. The second kappa shape index (κ2) is 7.16. The fraction of sp³-hybridized carbons (Fsp3) is 0.500.